The maximum atomic E-state index is 2.52. The summed E-state index contributed by atoms with van der Waals surface area (Å²) in [6.07, 6.45) is 0. The van der Waals surface area contributed by atoms with Crippen molar-refractivity contribution in [3.05, 3.63) is 167 Å². The van der Waals surface area contributed by atoms with Gasteiger partial charge in [0.2, 0.25) is 0 Å². The number of rotatable bonds is 2. The third kappa shape index (κ3) is 3.85. The van der Waals surface area contributed by atoms with E-state index in [2.05, 4.69) is 147 Å². The molecular formula is C40H30Cl2SiZr. The van der Waals surface area contributed by atoms with Crippen LogP contribution in [0.2, 0.25) is 0 Å². The van der Waals surface area contributed by atoms with Gasteiger partial charge in [-0.15, -0.1) is 0 Å². The monoisotopic (exact) mass is 698 g/mol. The molecule has 6 aromatic carbocycles. The van der Waals surface area contributed by atoms with Gasteiger partial charge in [0.05, 0.1) is 0 Å². The van der Waals surface area contributed by atoms with Gasteiger partial charge in [0.15, 0.2) is 0 Å². The van der Waals surface area contributed by atoms with Crippen molar-refractivity contribution >= 4 is 50.4 Å². The minimum atomic E-state index is -2.77. The minimum absolute atomic E-state index is 0. The van der Waals surface area contributed by atoms with E-state index in [1.807, 2.05) is 0 Å². The van der Waals surface area contributed by atoms with Crippen molar-refractivity contribution in [3.63, 3.8) is 0 Å². The average Bonchev–Trinajstić information content (AvgIpc) is 3.52. The zero-order valence-electron chi connectivity index (χ0n) is 24.6. The van der Waals surface area contributed by atoms with Crippen LogP contribution in [-0.4, -0.2) is 8.07 Å². The Hall–Kier alpha value is -3.00. The summed E-state index contributed by atoms with van der Waals surface area (Å²) in [5.41, 5.74) is 9.68. The average molecular weight is 701 g/mol. The summed E-state index contributed by atoms with van der Waals surface area (Å²) in [5, 5.41) is 11.9. The van der Waals surface area contributed by atoms with E-state index in [4.69, 9.17) is 0 Å². The first kappa shape index (κ1) is 29.7. The Morgan fingerprint density at radius 3 is 1.27 bits per heavy atom. The quantitative estimate of drug-likeness (QED) is 0.244. The molecule has 0 nitrogen and oxygen atoms in total. The van der Waals surface area contributed by atoms with Crippen molar-refractivity contribution < 1.29 is 48.0 Å². The van der Waals surface area contributed by atoms with Gasteiger partial charge in [-0.25, -0.2) is 0 Å². The Morgan fingerprint density at radius 1 is 0.455 bits per heavy atom. The number of benzene rings is 6. The Morgan fingerprint density at radius 2 is 0.841 bits per heavy atom. The fraction of sp³-hybridized carbons (Fsp3) is 0.100. The number of hydrogen-bond acceptors (Lipinski definition) is 0. The van der Waals surface area contributed by atoms with Crippen LogP contribution >= 0.6 is 0 Å². The summed E-state index contributed by atoms with van der Waals surface area (Å²) in [5.74, 6) is 0. The molecule has 4 heteroatoms. The van der Waals surface area contributed by atoms with Crippen molar-refractivity contribution in [2.75, 3.05) is 0 Å². The molecule has 0 spiro atoms. The van der Waals surface area contributed by atoms with E-state index in [9.17, 15) is 0 Å². The molecule has 4 bridgehead atoms. The molecule has 0 fully saturated rings. The molecule has 2 aliphatic carbocycles. The van der Waals surface area contributed by atoms with Gasteiger partial charge in [0.25, 0.3) is 0 Å². The summed E-state index contributed by atoms with van der Waals surface area (Å²) in [7, 11) is -2.77. The second-order valence-electron chi connectivity index (χ2n) is 12.1. The molecule has 0 amide bonds. The summed E-state index contributed by atoms with van der Waals surface area (Å²) < 4.78 is 1.17. The normalized spacial score (nSPS) is 18.8. The summed E-state index contributed by atoms with van der Waals surface area (Å²) in [6, 6.07) is 51.4. The van der Waals surface area contributed by atoms with Gasteiger partial charge in [-0.2, -0.15) is 0 Å². The molecule has 1 aliphatic heterocycles. The fourth-order valence-electron chi connectivity index (χ4n) is 8.57. The first-order chi connectivity index (χ1) is 20.7. The first-order valence-electron chi connectivity index (χ1n) is 15.0. The maximum Gasteiger partial charge on any atom is -1.00 e. The molecule has 0 saturated heterocycles. The zero-order valence-corrected chi connectivity index (χ0v) is 29.6. The van der Waals surface area contributed by atoms with Crippen LogP contribution in [0.15, 0.2) is 145 Å². The fourth-order valence-corrected chi connectivity index (χ4v) is 20.0. The smallest absolute Gasteiger partial charge is 1.00 e. The molecule has 0 N–H and O–H groups in total. The van der Waals surface area contributed by atoms with Crippen LogP contribution in [0, 0.1) is 0 Å². The Kier molecular flexibility index (Phi) is 7.50. The van der Waals surface area contributed by atoms with Crippen LogP contribution in [0.5, 0.6) is 0 Å². The number of allylic oxidation sites excluding steroid dienone is 2. The Balaban J connectivity index is 0.00000156. The van der Waals surface area contributed by atoms with Gasteiger partial charge >= 0.3 is 262 Å². The van der Waals surface area contributed by atoms with Crippen molar-refractivity contribution in [3.8, 4) is 0 Å². The molecule has 9 rings (SSSR count). The molecular weight excluding hydrogens is 671 g/mol. The standard InChI is InChI=1S/C40H30Si.2ClH.Zr/c1-27-25-31-23-21-29-13-9-11-19-35(29)37(31)39(27)41(33-15-5-3-6-16-33,34-17-7-4-8-18-34)40-28(2)26-32-24-22-30-14-10-12-20-36(30)38(32)40;;;/h3-26H,1-2H3;2*1H;/q;;;+2/p-2. The summed E-state index contributed by atoms with van der Waals surface area (Å²) in [4.78, 5) is 0. The molecule has 6 aromatic rings. The van der Waals surface area contributed by atoms with Crippen molar-refractivity contribution in [2.24, 2.45) is 0 Å². The predicted molar refractivity (Wildman–Crippen MR) is 176 cm³/mol. The van der Waals surface area contributed by atoms with Gasteiger partial charge in [-0.3, -0.25) is 0 Å². The van der Waals surface area contributed by atoms with Crippen LogP contribution in [0.4, 0.5) is 0 Å². The van der Waals surface area contributed by atoms with Crippen LogP contribution in [-0.2, 0) is 23.2 Å². The van der Waals surface area contributed by atoms with Gasteiger partial charge in [0, 0.05) is 0 Å². The van der Waals surface area contributed by atoms with E-state index < -0.39 is 31.3 Å². The van der Waals surface area contributed by atoms with Gasteiger partial charge in [-0.05, 0) is 0 Å². The van der Waals surface area contributed by atoms with Gasteiger partial charge in [0.1, 0.15) is 0 Å². The molecule has 0 aromatic heterocycles. The van der Waals surface area contributed by atoms with Gasteiger partial charge < -0.3 is 24.8 Å². The second-order valence-corrected chi connectivity index (χ2v) is 19.4. The number of hydrogen-bond donors (Lipinski definition) is 0. The second kappa shape index (κ2) is 11.1. The number of fused-ring (bicyclic) bond motifs is 12. The van der Waals surface area contributed by atoms with E-state index in [1.165, 1.54) is 31.9 Å². The zero-order chi connectivity index (χ0) is 28.0. The van der Waals surface area contributed by atoms with E-state index in [-0.39, 0.29) is 24.8 Å². The van der Waals surface area contributed by atoms with Gasteiger partial charge in [-0.1, -0.05) is 0 Å². The topological polar surface area (TPSA) is 0 Å². The largest absolute Gasteiger partial charge is 1.00 e. The third-order valence-corrected chi connectivity index (χ3v) is 20.7. The van der Waals surface area contributed by atoms with E-state index >= 15 is 0 Å². The maximum absolute atomic E-state index is 2.77. The molecule has 44 heavy (non-hydrogen) atoms. The first-order valence-corrected chi connectivity index (χ1v) is 19.9. The van der Waals surface area contributed by atoms with E-state index in [0.717, 1.165) is 0 Å². The molecule has 2 atom stereocenters. The van der Waals surface area contributed by atoms with Crippen molar-refractivity contribution in [2.45, 2.75) is 21.1 Å². The molecule has 0 radical (unpaired) electrons. The van der Waals surface area contributed by atoms with Crippen molar-refractivity contribution in [1.29, 1.82) is 0 Å². The van der Waals surface area contributed by atoms with Crippen LogP contribution in [0.1, 0.15) is 43.4 Å². The van der Waals surface area contributed by atoms with Crippen LogP contribution in [0.25, 0.3) is 31.9 Å². The summed E-state index contributed by atoms with van der Waals surface area (Å²) >= 11 is -0.969. The molecule has 1 heterocycles. The van der Waals surface area contributed by atoms with Crippen molar-refractivity contribution in [1.82, 2.24) is 0 Å². The van der Waals surface area contributed by atoms with E-state index in [1.54, 1.807) is 43.8 Å². The molecule has 212 valence electrons. The molecule has 0 saturated carbocycles. The predicted octanol–water partition coefficient (Wildman–Crippen LogP) is 2.80. The molecule has 2 unspecified atom stereocenters. The van der Waals surface area contributed by atoms with E-state index in [0.29, 0.717) is 7.25 Å². The Bertz CT molecular complexity index is 1990. The molecule has 3 aliphatic rings. The third-order valence-electron chi connectivity index (χ3n) is 10.2. The Labute approximate surface area is 284 Å². The minimum Gasteiger partial charge on any atom is -1.00 e. The number of halogens is 2. The van der Waals surface area contributed by atoms with Crippen LogP contribution < -0.4 is 35.2 Å². The summed E-state index contributed by atoms with van der Waals surface area (Å²) in [6.45, 7) is 5.04. The van der Waals surface area contributed by atoms with Crippen LogP contribution in [0.3, 0.4) is 0 Å². The SMILES string of the molecule is CC1=C2c3c(ccc4ccccc34)[CH]1[Zr+2][CH]1C(C)=C(c3c1ccc1ccccc31)[Si]2(c1ccccc1)c1ccccc1.[Cl-].[Cl-].